The van der Waals surface area contributed by atoms with E-state index in [1.165, 1.54) is 0 Å². The van der Waals surface area contributed by atoms with Gasteiger partial charge in [0.25, 0.3) is 5.91 Å². The maximum absolute atomic E-state index is 12.6. The highest BCUT2D eigenvalue weighted by atomic mass is 16.2. The molecule has 0 atom stereocenters. The zero-order valence-electron chi connectivity index (χ0n) is 13.3. The van der Waals surface area contributed by atoms with Crippen LogP contribution in [0, 0.1) is 18.3 Å². The van der Waals surface area contributed by atoms with Gasteiger partial charge in [-0.2, -0.15) is 5.26 Å². The zero-order chi connectivity index (χ0) is 15.8. The molecule has 0 aliphatic carbocycles. The van der Waals surface area contributed by atoms with Crippen LogP contribution in [0.25, 0.3) is 0 Å². The minimum atomic E-state index is -0.0506. The smallest absolute Gasteiger partial charge is 0.254 e. The number of aromatic nitrogens is 1. The Kier molecular flexibility index (Phi) is 6.67. The fourth-order valence-electron chi connectivity index (χ4n) is 2.07. The van der Waals surface area contributed by atoms with Gasteiger partial charge in [0.15, 0.2) is 0 Å². The van der Waals surface area contributed by atoms with E-state index in [1.54, 1.807) is 17.0 Å². The van der Waals surface area contributed by atoms with Gasteiger partial charge in [-0.05, 0) is 39.3 Å². The second-order valence-electron chi connectivity index (χ2n) is 5.31. The number of nitriles is 1. The van der Waals surface area contributed by atoms with Gasteiger partial charge >= 0.3 is 0 Å². The van der Waals surface area contributed by atoms with Gasteiger partial charge in [-0.1, -0.05) is 6.92 Å². The van der Waals surface area contributed by atoms with E-state index >= 15 is 0 Å². The number of nitrogens with zero attached hydrogens (tertiary/aromatic N) is 3. The van der Waals surface area contributed by atoms with Crippen LogP contribution >= 0.6 is 0 Å². The summed E-state index contributed by atoms with van der Waals surface area (Å²) in [7, 11) is 0. The molecule has 0 unspecified atom stereocenters. The predicted octanol–water partition coefficient (Wildman–Crippen LogP) is 2.98. The topological polar surface area (TPSA) is 69.0 Å². The highest BCUT2D eigenvalue weighted by Crippen LogP contribution is 2.14. The Morgan fingerprint density at radius 1 is 1.48 bits per heavy atom. The zero-order valence-corrected chi connectivity index (χ0v) is 13.3. The van der Waals surface area contributed by atoms with Crippen molar-refractivity contribution in [2.45, 2.75) is 46.6 Å². The normalized spacial score (nSPS) is 10.3. The first-order valence-electron chi connectivity index (χ1n) is 7.40. The number of anilines is 1. The molecule has 5 nitrogen and oxygen atoms in total. The molecule has 21 heavy (non-hydrogen) atoms. The SMILES string of the molecule is CCCNc1cc(C(=O)N(CCC#N)C(C)C)cc(C)n1. The molecule has 1 aromatic rings. The second kappa shape index (κ2) is 8.25. The average molecular weight is 288 g/mol. The molecule has 1 amide bonds. The first-order valence-corrected chi connectivity index (χ1v) is 7.40. The molecule has 5 heteroatoms. The highest BCUT2D eigenvalue weighted by Gasteiger charge is 2.19. The maximum atomic E-state index is 12.6. The average Bonchev–Trinajstić information content (AvgIpc) is 2.44. The molecule has 0 saturated carbocycles. The van der Waals surface area contributed by atoms with E-state index in [0.717, 1.165) is 24.5 Å². The summed E-state index contributed by atoms with van der Waals surface area (Å²) < 4.78 is 0. The lowest BCUT2D eigenvalue weighted by Gasteiger charge is -2.26. The molecule has 0 spiro atoms. The van der Waals surface area contributed by atoms with E-state index in [-0.39, 0.29) is 11.9 Å². The third kappa shape index (κ3) is 5.07. The predicted molar refractivity (Wildman–Crippen MR) is 84.2 cm³/mol. The van der Waals surface area contributed by atoms with Crippen molar-refractivity contribution >= 4 is 11.7 Å². The van der Waals surface area contributed by atoms with Crippen LogP contribution in [-0.2, 0) is 0 Å². The Hall–Kier alpha value is -2.09. The van der Waals surface area contributed by atoms with Gasteiger partial charge in [-0.15, -0.1) is 0 Å². The number of rotatable bonds is 7. The van der Waals surface area contributed by atoms with Crippen LogP contribution in [0.2, 0.25) is 0 Å². The summed E-state index contributed by atoms with van der Waals surface area (Å²) in [6, 6.07) is 5.73. The first kappa shape index (κ1) is 17.0. The Bertz CT molecular complexity index is 519. The Balaban J connectivity index is 2.98. The third-order valence-electron chi connectivity index (χ3n) is 3.11. The summed E-state index contributed by atoms with van der Waals surface area (Å²) >= 11 is 0. The van der Waals surface area contributed by atoms with Crippen LogP contribution < -0.4 is 5.32 Å². The minimum Gasteiger partial charge on any atom is -0.370 e. The molecule has 0 aliphatic rings. The number of hydrogen-bond donors (Lipinski definition) is 1. The molecular formula is C16H24N4O. The van der Waals surface area contributed by atoms with Crippen molar-refractivity contribution in [3.8, 4) is 6.07 Å². The number of carbonyl (C=O) groups is 1. The summed E-state index contributed by atoms with van der Waals surface area (Å²) in [4.78, 5) is 18.7. The van der Waals surface area contributed by atoms with Gasteiger partial charge in [-0.3, -0.25) is 4.79 Å². The minimum absolute atomic E-state index is 0.0506. The lowest BCUT2D eigenvalue weighted by Crippen LogP contribution is -2.37. The molecule has 0 radical (unpaired) electrons. The van der Waals surface area contributed by atoms with Crippen LogP contribution in [0.4, 0.5) is 5.82 Å². The lowest BCUT2D eigenvalue weighted by molar-refractivity contribution is 0.0710. The van der Waals surface area contributed by atoms with E-state index in [0.29, 0.717) is 18.5 Å². The number of amides is 1. The van der Waals surface area contributed by atoms with E-state index in [9.17, 15) is 4.79 Å². The lowest BCUT2D eigenvalue weighted by atomic mass is 10.1. The first-order chi connectivity index (χ1) is 9.99. The monoisotopic (exact) mass is 288 g/mol. The summed E-state index contributed by atoms with van der Waals surface area (Å²) in [5, 5.41) is 11.9. The maximum Gasteiger partial charge on any atom is 0.254 e. The molecule has 114 valence electrons. The molecular weight excluding hydrogens is 264 g/mol. The summed E-state index contributed by atoms with van der Waals surface area (Å²) in [6.45, 7) is 9.15. The second-order valence-corrected chi connectivity index (χ2v) is 5.31. The molecule has 0 aliphatic heterocycles. The van der Waals surface area contributed by atoms with E-state index < -0.39 is 0 Å². The highest BCUT2D eigenvalue weighted by molar-refractivity contribution is 5.95. The van der Waals surface area contributed by atoms with Gasteiger partial charge in [0.05, 0.1) is 12.5 Å². The molecule has 0 aromatic carbocycles. The van der Waals surface area contributed by atoms with E-state index in [4.69, 9.17) is 5.26 Å². The molecule has 0 saturated heterocycles. The van der Waals surface area contributed by atoms with Gasteiger partial charge in [0.1, 0.15) is 5.82 Å². The van der Waals surface area contributed by atoms with Crippen molar-refractivity contribution < 1.29 is 4.79 Å². The van der Waals surface area contributed by atoms with Crippen LogP contribution in [0.1, 0.15) is 49.7 Å². The Labute approximate surface area is 127 Å². The van der Waals surface area contributed by atoms with E-state index in [1.807, 2.05) is 20.8 Å². The molecule has 0 bridgehead atoms. The van der Waals surface area contributed by atoms with Crippen molar-refractivity contribution in [2.24, 2.45) is 0 Å². The van der Waals surface area contributed by atoms with Crippen molar-refractivity contribution in [3.63, 3.8) is 0 Å². The number of aryl methyl sites for hydroxylation is 1. The van der Waals surface area contributed by atoms with Gasteiger partial charge in [0.2, 0.25) is 0 Å². The third-order valence-corrected chi connectivity index (χ3v) is 3.11. The van der Waals surface area contributed by atoms with Crippen molar-refractivity contribution in [2.75, 3.05) is 18.4 Å². The number of carbonyl (C=O) groups excluding carboxylic acids is 1. The van der Waals surface area contributed by atoms with Crippen LogP contribution in [-0.4, -0.2) is 34.9 Å². The fraction of sp³-hybridized carbons (Fsp3) is 0.562. The van der Waals surface area contributed by atoms with Gasteiger partial charge in [-0.25, -0.2) is 4.98 Å². The van der Waals surface area contributed by atoms with E-state index in [2.05, 4.69) is 23.3 Å². The van der Waals surface area contributed by atoms with Gasteiger partial charge < -0.3 is 10.2 Å². The fourth-order valence-corrected chi connectivity index (χ4v) is 2.07. The molecule has 1 heterocycles. The number of nitrogens with one attached hydrogen (secondary N) is 1. The van der Waals surface area contributed by atoms with Crippen LogP contribution in [0.3, 0.4) is 0 Å². The Morgan fingerprint density at radius 2 is 2.19 bits per heavy atom. The van der Waals surface area contributed by atoms with Crippen molar-refractivity contribution in [3.05, 3.63) is 23.4 Å². The summed E-state index contributed by atoms with van der Waals surface area (Å²) in [6.07, 6.45) is 1.34. The van der Waals surface area contributed by atoms with Gasteiger partial charge in [0, 0.05) is 30.4 Å². The molecule has 1 aromatic heterocycles. The quantitative estimate of drug-likeness (QED) is 0.837. The number of pyridine rings is 1. The summed E-state index contributed by atoms with van der Waals surface area (Å²) in [5.41, 5.74) is 1.43. The van der Waals surface area contributed by atoms with Crippen LogP contribution in [0.5, 0.6) is 0 Å². The van der Waals surface area contributed by atoms with Crippen molar-refractivity contribution in [1.82, 2.24) is 9.88 Å². The van der Waals surface area contributed by atoms with Crippen molar-refractivity contribution in [1.29, 1.82) is 5.26 Å². The molecule has 1 N–H and O–H groups in total. The molecule has 1 rings (SSSR count). The number of hydrogen-bond acceptors (Lipinski definition) is 4. The Morgan fingerprint density at radius 3 is 2.76 bits per heavy atom. The largest absolute Gasteiger partial charge is 0.370 e. The van der Waals surface area contributed by atoms with Crippen LogP contribution in [0.15, 0.2) is 12.1 Å². The summed E-state index contributed by atoms with van der Waals surface area (Å²) in [5.74, 6) is 0.675. The standard InChI is InChI=1S/C16H24N4O/c1-5-8-18-15-11-14(10-13(4)19-15)16(21)20(12(2)3)9-6-7-17/h10-12H,5-6,8-9H2,1-4H3,(H,18,19). The molecule has 0 fully saturated rings.